The molecular formula is C15H27N3O2S. The van der Waals surface area contributed by atoms with Crippen LogP contribution in [0.3, 0.4) is 0 Å². The summed E-state index contributed by atoms with van der Waals surface area (Å²) in [6, 6.07) is 3.21. The molecule has 21 heavy (non-hydrogen) atoms. The highest BCUT2D eigenvalue weighted by atomic mass is 32.2. The summed E-state index contributed by atoms with van der Waals surface area (Å²) in [7, 11) is -3.55. The molecule has 120 valence electrons. The first-order valence-corrected chi connectivity index (χ1v) is 8.96. The van der Waals surface area contributed by atoms with E-state index in [0.29, 0.717) is 36.7 Å². The molecule has 6 heteroatoms. The largest absolute Gasteiger partial charge is 0.369 e. The number of hydrogen-bond acceptors (Lipinski definition) is 4. The van der Waals surface area contributed by atoms with E-state index in [0.717, 1.165) is 0 Å². The molecule has 0 aliphatic heterocycles. The summed E-state index contributed by atoms with van der Waals surface area (Å²) in [4.78, 5) is 4.31. The number of hydrogen-bond donors (Lipinski definition) is 2. The second kappa shape index (κ2) is 7.75. The van der Waals surface area contributed by atoms with E-state index >= 15 is 0 Å². The van der Waals surface area contributed by atoms with Crippen molar-refractivity contribution < 1.29 is 8.42 Å². The molecule has 0 spiro atoms. The van der Waals surface area contributed by atoms with Gasteiger partial charge in [-0.1, -0.05) is 27.7 Å². The monoisotopic (exact) mass is 313 g/mol. The van der Waals surface area contributed by atoms with Crippen molar-refractivity contribution in [3.8, 4) is 0 Å². The van der Waals surface area contributed by atoms with Gasteiger partial charge in [0.25, 0.3) is 0 Å². The lowest BCUT2D eigenvalue weighted by atomic mass is 9.86. The summed E-state index contributed by atoms with van der Waals surface area (Å²) in [6.07, 6.45) is 1.59. The molecule has 0 fully saturated rings. The zero-order valence-electron chi connectivity index (χ0n) is 13.6. The van der Waals surface area contributed by atoms with E-state index in [4.69, 9.17) is 0 Å². The summed E-state index contributed by atoms with van der Waals surface area (Å²) < 4.78 is 27.7. The second-order valence-electron chi connectivity index (χ2n) is 5.88. The molecule has 0 aromatic carbocycles. The lowest BCUT2D eigenvalue weighted by molar-refractivity contribution is 0.289. The summed E-state index contributed by atoms with van der Waals surface area (Å²) in [5, 5.41) is 2.99. The molecular weight excluding hydrogens is 286 g/mol. The van der Waals surface area contributed by atoms with E-state index in [1.54, 1.807) is 18.3 Å². The van der Waals surface area contributed by atoms with Crippen molar-refractivity contribution in [3.05, 3.63) is 18.3 Å². The third-order valence-electron chi connectivity index (χ3n) is 3.63. The van der Waals surface area contributed by atoms with Crippen LogP contribution >= 0.6 is 0 Å². The average Bonchev–Trinajstić information content (AvgIpc) is 2.38. The van der Waals surface area contributed by atoms with Crippen molar-refractivity contribution in [2.75, 3.05) is 18.4 Å². The predicted molar refractivity (Wildman–Crippen MR) is 86.8 cm³/mol. The van der Waals surface area contributed by atoms with Gasteiger partial charge in [-0.05, 0) is 36.8 Å². The lowest BCUT2D eigenvalue weighted by Crippen LogP contribution is -2.34. The zero-order valence-corrected chi connectivity index (χ0v) is 14.4. The second-order valence-corrected chi connectivity index (χ2v) is 7.62. The smallest absolute Gasteiger partial charge is 0.244 e. The molecule has 1 heterocycles. The van der Waals surface area contributed by atoms with Crippen LogP contribution < -0.4 is 10.0 Å². The summed E-state index contributed by atoms with van der Waals surface area (Å²) in [5.74, 6) is 1.56. The van der Waals surface area contributed by atoms with Gasteiger partial charge >= 0.3 is 0 Å². The highest BCUT2D eigenvalue weighted by Gasteiger charge is 2.23. The Hall–Kier alpha value is -1.14. The fourth-order valence-electron chi connectivity index (χ4n) is 2.43. The molecule has 0 aliphatic rings. The Balaban J connectivity index is 2.92. The van der Waals surface area contributed by atoms with Crippen LogP contribution in [0, 0.1) is 17.8 Å². The van der Waals surface area contributed by atoms with E-state index in [9.17, 15) is 8.42 Å². The molecule has 1 aromatic rings. The SMILES string of the molecule is CCNc1ncccc1S(=O)(=O)NCC(C(C)C)C(C)C. The Kier molecular flexibility index (Phi) is 6.61. The molecule has 0 atom stereocenters. The Morgan fingerprint density at radius 1 is 1.19 bits per heavy atom. The first-order chi connectivity index (χ1) is 9.79. The van der Waals surface area contributed by atoms with Gasteiger partial charge in [0.1, 0.15) is 10.7 Å². The van der Waals surface area contributed by atoms with Gasteiger partial charge in [-0.3, -0.25) is 0 Å². The standard InChI is InChI=1S/C15H27N3O2S/c1-6-16-15-14(8-7-9-17-15)21(19,20)18-10-13(11(2)3)12(4)5/h7-9,11-13,18H,6,10H2,1-5H3,(H,16,17). The zero-order chi connectivity index (χ0) is 16.0. The summed E-state index contributed by atoms with van der Waals surface area (Å²) >= 11 is 0. The number of aromatic nitrogens is 1. The van der Waals surface area contributed by atoms with Gasteiger partial charge < -0.3 is 5.32 Å². The molecule has 5 nitrogen and oxygen atoms in total. The average molecular weight is 313 g/mol. The molecule has 0 radical (unpaired) electrons. The van der Waals surface area contributed by atoms with Crippen molar-refractivity contribution >= 4 is 15.8 Å². The first-order valence-electron chi connectivity index (χ1n) is 7.48. The van der Waals surface area contributed by atoms with Crippen molar-refractivity contribution in [1.29, 1.82) is 0 Å². The fourth-order valence-corrected chi connectivity index (χ4v) is 3.64. The number of sulfonamides is 1. The Morgan fingerprint density at radius 2 is 1.81 bits per heavy atom. The van der Waals surface area contributed by atoms with Crippen molar-refractivity contribution in [3.63, 3.8) is 0 Å². The van der Waals surface area contributed by atoms with Crippen LogP contribution in [-0.2, 0) is 10.0 Å². The topological polar surface area (TPSA) is 71.1 Å². The Bertz CT molecular complexity index is 534. The molecule has 0 saturated heterocycles. The Labute approximate surface area is 128 Å². The van der Waals surface area contributed by atoms with Gasteiger partial charge in [0, 0.05) is 19.3 Å². The van der Waals surface area contributed by atoms with Gasteiger partial charge in [0.2, 0.25) is 10.0 Å². The first kappa shape index (κ1) is 17.9. The number of nitrogens with zero attached hydrogens (tertiary/aromatic N) is 1. The lowest BCUT2D eigenvalue weighted by Gasteiger charge is -2.25. The van der Waals surface area contributed by atoms with E-state index in [1.165, 1.54) is 0 Å². The number of anilines is 1. The molecule has 0 aliphatic carbocycles. The minimum atomic E-state index is -3.55. The van der Waals surface area contributed by atoms with Crippen LogP contribution in [0.15, 0.2) is 23.2 Å². The minimum Gasteiger partial charge on any atom is -0.369 e. The minimum absolute atomic E-state index is 0.207. The maximum absolute atomic E-state index is 12.5. The summed E-state index contributed by atoms with van der Waals surface area (Å²) in [6.45, 7) is 11.4. The molecule has 1 rings (SSSR count). The van der Waals surface area contributed by atoms with Crippen molar-refractivity contribution in [2.24, 2.45) is 17.8 Å². The quantitative estimate of drug-likeness (QED) is 0.774. The summed E-state index contributed by atoms with van der Waals surface area (Å²) in [5.41, 5.74) is 0. The van der Waals surface area contributed by atoms with Crippen LogP contribution in [0.2, 0.25) is 0 Å². The molecule has 2 N–H and O–H groups in total. The molecule has 0 unspecified atom stereocenters. The fraction of sp³-hybridized carbons (Fsp3) is 0.667. The highest BCUT2D eigenvalue weighted by molar-refractivity contribution is 7.89. The third kappa shape index (κ3) is 4.97. The number of nitrogens with one attached hydrogen (secondary N) is 2. The van der Waals surface area contributed by atoms with Crippen LogP contribution in [0.4, 0.5) is 5.82 Å². The van der Waals surface area contributed by atoms with Crippen molar-refractivity contribution in [2.45, 2.75) is 39.5 Å². The van der Waals surface area contributed by atoms with E-state index in [-0.39, 0.29) is 4.90 Å². The molecule has 0 amide bonds. The van der Waals surface area contributed by atoms with Crippen molar-refractivity contribution in [1.82, 2.24) is 9.71 Å². The van der Waals surface area contributed by atoms with Crippen LogP contribution in [0.25, 0.3) is 0 Å². The van der Waals surface area contributed by atoms with E-state index in [1.807, 2.05) is 6.92 Å². The van der Waals surface area contributed by atoms with Crippen LogP contribution in [0.1, 0.15) is 34.6 Å². The number of rotatable bonds is 8. The van der Waals surface area contributed by atoms with Gasteiger partial charge in [0.15, 0.2) is 0 Å². The normalized spacial score (nSPS) is 12.4. The molecule has 0 saturated carbocycles. The number of pyridine rings is 1. The van der Waals surface area contributed by atoms with Gasteiger partial charge in [-0.25, -0.2) is 18.1 Å². The van der Waals surface area contributed by atoms with E-state index < -0.39 is 10.0 Å². The van der Waals surface area contributed by atoms with Gasteiger partial charge in [-0.15, -0.1) is 0 Å². The van der Waals surface area contributed by atoms with Crippen LogP contribution in [-0.4, -0.2) is 26.5 Å². The van der Waals surface area contributed by atoms with Gasteiger partial charge in [-0.2, -0.15) is 0 Å². The van der Waals surface area contributed by atoms with Crippen LogP contribution in [0.5, 0.6) is 0 Å². The Morgan fingerprint density at radius 3 is 2.33 bits per heavy atom. The maximum atomic E-state index is 12.5. The maximum Gasteiger partial charge on any atom is 0.244 e. The highest BCUT2D eigenvalue weighted by Crippen LogP contribution is 2.22. The van der Waals surface area contributed by atoms with E-state index in [2.05, 4.69) is 42.7 Å². The molecule has 0 bridgehead atoms. The molecule has 1 aromatic heterocycles. The predicted octanol–water partition coefficient (Wildman–Crippen LogP) is 2.72. The third-order valence-corrected chi connectivity index (χ3v) is 5.08. The van der Waals surface area contributed by atoms with Gasteiger partial charge in [0.05, 0.1) is 0 Å².